The molecule has 0 atom stereocenters. The molecular weight excluding hydrogens is 548 g/mol. The van der Waals surface area contributed by atoms with E-state index in [1.165, 1.54) is 4.68 Å². The molecule has 0 saturated heterocycles. The molecule has 1 N–H and O–H groups in total. The van der Waals surface area contributed by atoms with E-state index < -0.39 is 0 Å². The fourth-order valence-corrected chi connectivity index (χ4v) is 5.50. The lowest BCUT2D eigenvalue weighted by atomic mass is 9.87. The molecule has 2 heterocycles. The van der Waals surface area contributed by atoms with Crippen LogP contribution in [0.5, 0.6) is 5.75 Å². The molecule has 8 nitrogen and oxygen atoms in total. The highest BCUT2D eigenvalue weighted by atomic mass is 16.5. The van der Waals surface area contributed by atoms with E-state index in [1.54, 1.807) is 14.0 Å². The van der Waals surface area contributed by atoms with Gasteiger partial charge in [0.2, 0.25) is 0 Å². The summed E-state index contributed by atoms with van der Waals surface area (Å²) in [7, 11) is 1.65. The molecule has 0 fully saturated rings. The number of benzene rings is 3. The van der Waals surface area contributed by atoms with Gasteiger partial charge in [-0.1, -0.05) is 45.0 Å². The summed E-state index contributed by atoms with van der Waals surface area (Å²) in [6.07, 6.45) is 0. The second kappa shape index (κ2) is 12.1. The molecule has 0 unspecified atom stereocenters. The van der Waals surface area contributed by atoms with Gasteiger partial charge in [0.25, 0.3) is 5.56 Å². The second-order valence-electron chi connectivity index (χ2n) is 12.2. The van der Waals surface area contributed by atoms with E-state index in [-0.39, 0.29) is 11.0 Å². The average molecular weight is 591 g/mol. The maximum Gasteiger partial charge on any atom is 0.278 e. The van der Waals surface area contributed by atoms with Crippen molar-refractivity contribution in [1.29, 1.82) is 0 Å². The third-order valence-electron chi connectivity index (χ3n) is 7.98. The largest absolute Gasteiger partial charge is 0.495 e. The maximum absolute atomic E-state index is 13.9. The topological polar surface area (TPSA) is 84.1 Å². The number of ether oxygens (including phenoxy) is 1. The highest BCUT2D eigenvalue weighted by molar-refractivity contribution is 6.50. The van der Waals surface area contributed by atoms with Gasteiger partial charge in [-0.3, -0.25) is 4.79 Å². The van der Waals surface area contributed by atoms with Crippen LogP contribution in [0.1, 0.15) is 57.1 Å². The average Bonchev–Trinajstić information content (AvgIpc) is 3.36. The van der Waals surface area contributed by atoms with Crippen molar-refractivity contribution in [3.63, 3.8) is 0 Å². The van der Waals surface area contributed by atoms with Crippen LogP contribution >= 0.6 is 0 Å². The second-order valence-corrected chi connectivity index (χ2v) is 12.2. The molecule has 0 amide bonds. The van der Waals surface area contributed by atoms with E-state index in [0.717, 1.165) is 64.0 Å². The Morgan fingerprint density at radius 2 is 1.68 bits per heavy atom. The molecule has 3 aromatic carbocycles. The van der Waals surface area contributed by atoms with Crippen LogP contribution in [0.3, 0.4) is 0 Å². The molecule has 1 aliphatic rings. The number of aromatic nitrogens is 2. The zero-order chi connectivity index (χ0) is 31.8. The highest BCUT2D eigenvalue weighted by Gasteiger charge is 2.35. The monoisotopic (exact) mass is 590 g/mol. The molecule has 0 aliphatic carbocycles. The third-order valence-corrected chi connectivity index (χ3v) is 7.98. The lowest BCUT2D eigenvalue weighted by molar-refractivity contribution is 0.416. The third kappa shape index (κ3) is 5.76. The van der Waals surface area contributed by atoms with E-state index in [0.29, 0.717) is 22.8 Å². The van der Waals surface area contributed by atoms with Crippen LogP contribution in [0.25, 0.3) is 11.3 Å². The summed E-state index contributed by atoms with van der Waals surface area (Å²) >= 11 is 0. The number of anilines is 3. The highest BCUT2D eigenvalue weighted by Crippen LogP contribution is 2.36. The zero-order valence-electron chi connectivity index (χ0n) is 27.2. The number of para-hydroxylation sites is 1. The van der Waals surface area contributed by atoms with Crippen LogP contribution in [0.15, 0.2) is 75.6 Å². The Balaban J connectivity index is 1.67. The number of methoxy groups -OCH3 is 1. The van der Waals surface area contributed by atoms with Crippen molar-refractivity contribution in [3.8, 4) is 17.0 Å². The minimum atomic E-state index is -0.372. The van der Waals surface area contributed by atoms with Crippen LogP contribution in [0.2, 0.25) is 0 Å². The van der Waals surface area contributed by atoms with E-state index in [1.807, 2.05) is 55.5 Å². The van der Waals surface area contributed by atoms with Crippen molar-refractivity contribution in [2.75, 3.05) is 30.4 Å². The van der Waals surface area contributed by atoms with Gasteiger partial charge in [0, 0.05) is 41.0 Å². The quantitative estimate of drug-likeness (QED) is 0.226. The smallest absolute Gasteiger partial charge is 0.278 e. The Bertz CT molecular complexity index is 1840. The van der Waals surface area contributed by atoms with Gasteiger partial charge in [0.05, 0.1) is 29.9 Å². The van der Waals surface area contributed by atoms with Crippen LogP contribution < -0.4 is 20.5 Å². The molecule has 228 valence electrons. The summed E-state index contributed by atoms with van der Waals surface area (Å²) in [5.41, 5.74) is 8.43. The first-order chi connectivity index (χ1) is 21.0. The van der Waals surface area contributed by atoms with Crippen molar-refractivity contribution in [2.45, 2.75) is 55.4 Å². The van der Waals surface area contributed by atoms with E-state index >= 15 is 0 Å². The predicted octanol–water partition coefficient (Wildman–Crippen LogP) is 7.82. The summed E-state index contributed by atoms with van der Waals surface area (Å²) in [4.78, 5) is 26.5. The molecule has 1 aromatic heterocycles. The molecule has 44 heavy (non-hydrogen) atoms. The molecule has 0 spiro atoms. The number of nitrogens with one attached hydrogen (secondary N) is 1. The number of aliphatic imine (C=N–C) groups is 1. The minimum absolute atomic E-state index is 0.214. The molecule has 5 rings (SSSR count). The Labute approximate surface area is 260 Å². The van der Waals surface area contributed by atoms with Crippen molar-refractivity contribution >= 4 is 34.2 Å². The Morgan fingerprint density at radius 3 is 2.34 bits per heavy atom. The first-order valence-corrected chi connectivity index (χ1v) is 15.2. The first-order valence-electron chi connectivity index (χ1n) is 15.2. The van der Waals surface area contributed by atoms with Crippen molar-refractivity contribution in [2.24, 2.45) is 15.5 Å². The maximum atomic E-state index is 13.9. The fraction of sp³-hybridized carbons (Fsp3) is 0.333. The number of fused-ring (bicyclic) bond motifs is 1. The van der Waals surface area contributed by atoms with Crippen molar-refractivity contribution < 1.29 is 4.74 Å². The molecule has 0 bridgehead atoms. The van der Waals surface area contributed by atoms with Gasteiger partial charge in [0.1, 0.15) is 11.5 Å². The van der Waals surface area contributed by atoms with Gasteiger partial charge < -0.3 is 15.0 Å². The van der Waals surface area contributed by atoms with E-state index in [4.69, 9.17) is 19.8 Å². The summed E-state index contributed by atoms with van der Waals surface area (Å²) < 4.78 is 7.03. The molecule has 0 saturated carbocycles. The summed E-state index contributed by atoms with van der Waals surface area (Å²) in [6.45, 7) is 18.3. The van der Waals surface area contributed by atoms with E-state index in [2.05, 4.69) is 63.9 Å². The molecular formula is C36H42N6O2. The normalized spacial score (nSPS) is 13.6. The fourth-order valence-electron chi connectivity index (χ4n) is 5.50. The SMILES string of the molecule is CCN(CC)c1ccc(N=C2C(C(C)(C)C)=Nn3c2nc(-c2ccccc2Nc2cc(C)ccc2OC)c(C)c3=O)c(C)c1. The van der Waals surface area contributed by atoms with Gasteiger partial charge in [-0.2, -0.15) is 9.78 Å². The Hall–Kier alpha value is -4.72. The van der Waals surface area contributed by atoms with Crippen LogP contribution in [0.4, 0.5) is 22.7 Å². The number of nitrogens with zero attached hydrogens (tertiary/aromatic N) is 5. The molecule has 8 heteroatoms. The van der Waals surface area contributed by atoms with Crippen molar-refractivity contribution in [3.05, 3.63) is 93.5 Å². The van der Waals surface area contributed by atoms with Crippen LogP contribution in [0, 0.1) is 26.2 Å². The van der Waals surface area contributed by atoms with Gasteiger partial charge >= 0.3 is 0 Å². The summed E-state index contributed by atoms with van der Waals surface area (Å²) in [6, 6.07) is 20.2. The Morgan fingerprint density at radius 1 is 0.955 bits per heavy atom. The Kier molecular flexibility index (Phi) is 8.46. The minimum Gasteiger partial charge on any atom is -0.495 e. The van der Waals surface area contributed by atoms with Gasteiger partial charge in [-0.15, -0.1) is 0 Å². The first kappa shape index (κ1) is 30.7. The van der Waals surface area contributed by atoms with Crippen LogP contribution in [-0.4, -0.2) is 41.3 Å². The van der Waals surface area contributed by atoms with Crippen molar-refractivity contribution in [1.82, 2.24) is 9.66 Å². The van der Waals surface area contributed by atoms with Crippen LogP contribution in [-0.2, 0) is 0 Å². The molecule has 0 radical (unpaired) electrons. The molecule has 1 aliphatic heterocycles. The molecule has 4 aromatic rings. The summed E-state index contributed by atoms with van der Waals surface area (Å²) in [5, 5.41) is 8.33. The number of aryl methyl sites for hydroxylation is 2. The summed E-state index contributed by atoms with van der Waals surface area (Å²) in [5.74, 6) is 1.17. The number of hydrogen-bond acceptors (Lipinski definition) is 7. The number of hydrogen-bond donors (Lipinski definition) is 1. The lowest BCUT2D eigenvalue weighted by Gasteiger charge is -2.22. The number of rotatable bonds is 8. The zero-order valence-corrected chi connectivity index (χ0v) is 27.2. The van der Waals surface area contributed by atoms with Gasteiger partial charge in [-0.25, -0.2) is 9.98 Å². The van der Waals surface area contributed by atoms with E-state index in [9.17, 15) is 4.79 Å². The van der Waals surface area contributed by atoms with Gasteiger partial charge in [-0.05, 0) is 82.1 Å². The predicted molar refractivity (Wildman–Crippen MR) is 183 cm³/mol. The van der Waals surface area contributed by atoms with Gasteiger partial charge in [0.15, 0.2) is 5.82 Å². The standard InChI is InChI=1S/C36H42N6O2/c1-10-41(11-2)25-17-18-27(23(4)21-25)38-32-33(36(6,7)8)40-42-34(32)39-31(24(5)35(42)43)26-14-12-13-15-28(26)37-29-20-22(3)16-19-30(29)44-9/h12-21,37H,10-11H2,1-9H3. The lowest BCUT2D eigenvalue weighted by Crippen LogP contribution is -2.28.